The minimum Gasteiger partial charge on any atom is -0.480 e. The van der Waals surface area contributed by atoms with Gasteiger partial charge in [0.05, 0.1) is 5.69 Å². The second-order valence-electron chi connectivity index (χ2n) is 7.62. The van der Waals surface area contributed by atoms with Crippen LogP contribution < -0.4 is 0 Å². The summed E-state index contributed by atoms with van der Waals surface area (Å²) < 4.78 is 0. The number of nitrogens with zero attached hydrogens (tertiary/aromatic N) is 2. The van der Waals surface area contributed by atoms with Crippen molar-refractivity contribution in [3.05, 3.63) is 35.5 Å². The number of H-pyrrole nitrogens is 1. The fraction of sp³-hybridized carbons (Fsp3) is 0.450. The van der Waals surface area contributed by atoms with E-state index >= 15 is 0 Å². The molecule has 7 nitrogen and oxygen atoms in total. The van der Waals surface area contributed by atoms with Gasteiger partial charge >= 0.3 is 12.0 Å². The molecule has 0 spiro atoms. The van der Waals surface area contributed by atoms with Crippen LogP contribution in [0.25, 0.3) is 10.9 Å². The summed E-state index contributed by atoms with van der Waals surface area (Å²) in [5.74, 6) is -1.94. The lowest BCUT2D eigenvalue weighted by Gasteiger charge is -2.36. The van der Waals surface area contributed by atoms with Gasteiger partial charge in [-0.05, 0) is 30.9 Å². The van der Waals surface area contributed by atoms with E-state index in [1.807, 2.05) is 31.2 Å². The van der Waals surface area contributed by atoms with E-state index in [0.29, 0.717) is 25.1 Å². The number of amides is 3. The van der Waals surface area contributed by atoms with Gasteiger partial charge < -0.3 is 15.0 Å². The Morgan fingerprint density at radius 3 is 2.70 bits per heavy atom. The van der Waals surface area contributed by atoms with Crippen molar-refractivity contribution in [2.24, 2.45) is 5.92 Å². The minimum absolute atomic E-state index is 0.331. The lowest BCUT2D eigenvalue weighted by atomic mass is 9.86. The maximum absolute atomic E-state index is 13.5. The number of benzene rings is 1. The van der Waals surface area contributed by atoms with Gasteiger partial charge in [-0.2, -0.15) is 0 Å². The summed E-state index contributed by atoms with van der Waals surface area (Å²) in [6, 6.07) is 6.14. The first-order chi connectivity index (χ1) is 12.8. The van der Waals surface area contributed by atoms with Gasteiger partial charge in [-0.3, -0.25) is 4.79 Å². The zero-order chi connectivity index (χ0) is 19.5. The monoisotopic (exact) mass is 369 g/mol. The highest BCUT2D eigenvalue weighted by Gasteiger charge is 2.61. The topological polar surface area (TPSA) is 93.7 Å². The standard InChI is InChI=1S/C20H23N3O4/c1-4-11(2)15(17(24)25)23-18(26)20(3)16-13(9-10-22(20)19(23)27)12-7-5-6-8-14(12)21-16/h5-8,11,15,21H,4,9-10H2,1-3H3,(H,24,25)/t11-,15+,20-/m1/s1. The SMILES string of the molecule is CC[C@@H](C)[C@@H](C(=O)O)N1C(=O)N2CCc3c([nH]c4ccccc34)[C@]2(C)C1=O. The van der Waals surface area contributed by atoms with E-state index in [1.54, 1.807) is 13.8 Å². The molecule has 0 saturated carbocycles. The molecular formula is C20H23N3O4. The number of para-hydroxylation sites is 1. The molecule has 3 heterocycles. The number of fused-ring (bicyclic) bond motifs is 5. The van der Waals surface area contributed by atoms with Crippen LogP contribution in [-0.2, 0) is 21.5 Å². The first-order valence-corrected chi connectivity index (χ1v) is 9.30. The first kappa shape index (κ1) is 17.6. The Balaban J connectivity index is 1.87. The number of aliphatic carboxylic acids is 1. The predicted molar refractivity (Wildman–Crippen MR) is 99.2 cm³/mol. The number of hydrogen-bond donors (Lipinski definition) is 2. The zero-order valence-corrected chi connectivity index (χ0v) is 15.7. The van der Waals surface area contributed by atoms with Crippen molar-refractivity contribution < 1.29 is 19.5 Å². The quantitative estimate of drug-likeness (QED) is 0.810. The number of urea groups is 1. The van der Waals surface area contributed by atoms with Crippen molar-refractivity contribution in [1.82, 2.24) is 14.8 Å². The second-order valence-corrected chi connectivity index (χ2v) is 7.62. The van der Waals surface area contributed by atoms with Crippen LogP contribution in [0.4, 0.5) is 4.79 Å². The van der Waals surface area contributed by atoms with E-state index < -0.39 is 29.5 Å². The van der Waals surface area contributed by atoms with Gasteiger partial charge in [0.2, 0.25) is 0 Å². The summed E-state index contributed by atoms with van der Waals surface area (Å²) >= 11 is 0. The maximum Gasteiger partial charge on any atom is 0.328 e. The number of hydrogen-bond acceptors (Lipinski definition) is 3. The minimum atomic E-state index is -1.20. The Morgan fingerprint density at radius 1 is 1.33 bits per heavy atom. The van der Waals surface area contributed by atoms with Crippen molar-refractivity contribution in [1.29, 1.82) is 0 Å². The highest BCUT2D eigenvalue weighted by molar-refractivity contribution is 6.10. The van der Waals surface area contributed by atoms with Crippen LogP contribution >= 0.6 is 0 Å². The largest absolute Gasteiger partial charge is 0.480 e. The normalized spacial score (nSPS) is 24.1. The molecule has 2 aromatic rings. The van der Waals surface area contributed by atoms with Gasteiger partial charge in [0, 0.05) is 17.4 Å². The number of carboxylic acid groups (broad SMARTS) is 1. The molecule has 0 bridgehead atoms. The molecule has 2 N–H and O–H groups in total. The lowest BCUT2D eigenvalue weighted by molar-refractivity contribution is -0.150. The number of rotatable bonds is 4. The summed E-state index contributed by atoms with van der Waals surface area (Å²) in [5, 5.41) is 10.8. The van der Waals surface area contributed by atoms with Crippen molar-refractivity contribution in [3.8, 4) is 0 Å². The van der Waals surface area contributed by atoms with E-state index in [2.05, 4.69) is 4.98 Å². The molecule has 4 rings (SSSR count). The second kappa shape index (κ2) is 5.84. The molecule has 2 aliphatic heterocycles. The molecule has 0 unspecified atom stereocenters. The van der Waals surface area contributed by atoms with Gasteiger partial charge in [-0.25, -0.2) is 14.5 Å². The molecule has 142 valence electrons. The molecule has 1 saturated heterocycles. The molecule has 0 aliphatic carbocycles. The molecule has 7 heteroatoms. The number of carbonyl (C=O) groups is 3. The van der Waals surface area contributed by atoms with E-state index in [9.17, 15) is 19.5 Å². The smallest absolute Gasteiger partial charge is 0.328 e. The van der Waals surface area contributed by atoms with Gasteiger partial charge in [-0.1, -0.05) is 38.5 Å². The number of nitrogens with one attached hydrogen (secondary N) is 1. The van der Waals surface area contributed by atoms with Crippen molar-refractivity contribution in [2.75, 3.05) is 6.54 Å². The highest BCUT2D eigenvalue weighted by Crippen LogP contribution is 2.45. The molecular weight excluding hydrogens is 346 g/mol. The van der Waals surface area contributed by atoms with E-state index in [0.717, 1.165) is 21.4 Å². The third-order valence-corrected chi connectivity index (χ3v) is 6.21. The van der Waals surface area contributed by atoms with Crippen molar-refractivity contribution in [3.63, 3.8) is 0 Å². The third-order valence-electron chi connectivity index (χ3n) is 6.21. The summed E-state index contributed by atoms with van der Waals surface area (Å²) in [7, 11) is 0. The Morgan fingerprint density at radius 2 is 2.04 bits per heavy atom. The highest BCUT2D eigenvalue weighted by atomic mass is 16.4. The van der Waals surface area contributed by atoms with Gasteiger partial charge in [0.25, 0.3) is 5.91 Å². The third kappa shape index (κ3) is 2.17. The van der Waals surface area contributed by atoms with Gasteiger partial charge in [-0.15, -0.1) is 0 Å². The molecule has 27 heavy (non-hydrogen) atoms. The number of carbonyl (C=O) groups excluding carboxylic acids is 2. The molecule has 1 aromatic heterocycles. The van der Waals surface area contributed by atoms with Crippen molar-refractivity contribution in [2.45, 2.75) is 45.2 Å². The number of imide groups is 1. The molecule has 3 amide bonds. The predicted octanol–water partition coefficient (Wildman–Crippen LogP) is 2.70. The van der Waals surface area contributed by atoms with Crippen LogP contribution in [-0.4, -0.2) is 50.4 Å². The van der Waals surface area contributed by atoms with Crippen LogP contribution in [0.5, 0.6) is 0 Å². The van der Waals surface area contributed by atoms with E-state index in [4.69, 9.17) is 0 Å². The van der Waals surface area contributed by atoms with Crippen LogP contribution in [0.15, 0.2) is 24.3 Å². The molecule has 1 aromatic carbocycles. The summed E-state index contributed by atoms with van der Waals surface area (Å²) in [6.45, 7) is 5.72. The van der Waals surface area contributed by atoms with Crippen LogP contribution in [0, 0.1) is 5.92 Å². The molecule has 0 radical (unpaired) electrons. The fourth-order valence-corrected chi connectivity index (χ4v) is 4.50. The number of aromatic nitrogens is 1. The Bertz CT molecular complexity index is 965. The molecule has 2 aliphatic rings. The zero-order valence-electron chi connectivity index (χ0n) is 15.7. The van der Waals surface area contributed by atoms with E-state index in [-0.39, 0.29) is 5.92 Å². The fourth-order valence-electron chi connectivity index (χ4n) is 4.50. The van der Waals surface area contributed by atoms with Crippen molar-refractivity contribution >= 4 is 28.8 Å². The van der Waals surface area contributed by atoms with Gasteiger partial charge in [0.15, 0.2) is 5.54 Å². The first-order valence-electron chi connectivity index (χ1n) is 9.30. The van der Waals surface area contributed by atoms with E-state index in [1.165, 1.54) is 4.90 Å². The van der Waals surface area contributed by atoms with Gasteiger partial charge in [0.1, 0.15) is 6.04 Å². The average Bonchev–Trinajstić information content (AvgIpc) is 3.12. The van der Waals surface area contributed by atoms with Crippen LogP contribution in [0.1, 0.15) is 38.4 Å². The summed E-state index contributed by atoms with van der Waals surface area (Å²) in [4.78, 5) is 44.3. The Hall–Kier alpha value is -2.83. The number of aromatic amines is 1. The summed E-state index contributed by atoms with van der Waals surface area (Å²) in [5.41, 5.74) is 1.44. The Kier molecular flexibility index (Phi) is 3.80. The Labute approximate surface area is 156 Å². The summed E-state index contributed by atoms with van der Waals surface area (Å²) in [6.07, 6.45) is 1.19. The average molecular weight is 369 g/mol. The lowest BCUT2D eigenvalue weighted by Crippen LogP contribution is -2.50. The molecule has 3 atom stereocenters. The molecule has 1 fully saturated rings. The van der Waals surface area contributed by atoms with Crippen LogP contribution in [0.2, 0.25) is 0 Å². The maximum atomic E-state index is 13.5. The number of carboxylic acids is 1. The van der Waals surface area contributed by atoms with Crippen LogP contribution in [0.3, 0.4) is 0 Å².